The molecule has 0 bridgehead atoms. The van der Waals surface area contributed by atoms with Crippen LogP contribution < -0.4 is 4.74 Å². The van der Waals surface area contributed by atoms with Gasteiger partial charge in [0.2, 0.25) is 0 Å². The van der Waals surface area contributed by atoms with E-state index in [1.54, 1.807) is 25.4 Å². The van der Waals surface area contributed by atoms with Gasteiger partial charge in [-0.2, -0.15) is 0 Å². The Labute approximate surface area is 91.9 Å². The second-order valence-corrected chi connectivity index (χ2v) is 3.18. The maximum absolute atomic E-state index is 5.97. The van der Waals surface area contributed by atoms with Crippen molar-refractivity contribution in [2.24, 2.45) is 0 Å². The summed E-state index contributed by atoms with van der Waals surface area (Å²) in [4.78, 5) is 12.1. The Morgan fingerprint density at radius 1 is 1.27 bits per heavy atom. The van der Waals surface area contributed by atoms with E-state index in [0.717, 1.165) is 0 Å². The lowest BCUT2D eigenvalue weighted by Gasteiger charge is -2.06. The molecule has 0 saturated heterocycles. The Balaban J connectivity index is 2.59. The molecule has 76 valence electrons. The minimum Gasteiger partial charge on any atom is -0.494 e. The van der Waals surface area contributed by atoms with Crippen molar-refractivity contribution in [1.82, 2.24) is 15.0 Å². The molecule has 0 amide bonds. The first kappa shape index (κ1) is 9.86. The molecule has 0 N–H and O–H groups in total. The first-order chi connectivity index (χ1) is 7.33. The van der Waals surface area contributed by atoms with Crippen LogP contribution in [0.25, 0.3) is 11.4 Å². The van der Waals surface area contributed by atoms with Crippen LogP contribution in [0.3, 0.4) is 0 Å². The molecule has 2 rings (SSSR count). The van der Waals surface area contributed by atoms with Crippen molar-refractivity contribution in [2.75, 3.05) is 7.11 Å². The Morgan fingerprint density at radius 2 is 2.13 bits per heavy atom. The van der Waals surface area contributed by atoms with Gasteiger partial charge in [-0.1, -0.05) is 11.6 Å². The first-order valence-corrected chi connectivity index (χ1v) is 4.65. The van der Waals surface area contributed by atoms with Crippen molar-refractivity contribution in [1.29, 1.82) is 0 Å². The van der Waals surface area contributed by atoms with Crippen LogP contribution in [0.1, 0.15) is 0 Å². The molecule has 2 aromatic heterocycles. The van der Waals surface area contributed by atoms with Crippen LogP contribution in [-0.2, 0) is 0 Å². The molecule has 0 aliphatic heterocycles. The molecule has 15 heavy (non-hydrogen) atoms. The molecule has 0 aromatic carbocycles. The zero-order valence-electron chi connectivity index (χ0n) is 8.01. The number of ether oxygens (including phenoxy) is 1. The Kier molecular flexibility index (Phi) is 2.78. The molecule has 0 saturated carbocycles. The summed E-state index contributed by atoms with van der Waals surface area (Å²) in [7, 11) is 1.58. The van der Waals surface area contributed by atoms with E-state index in [1.165, 1.54) is 12.5 Å². The Morgan fingerprint density at radius 3 is 2.87 bits per heavy atom. The van der Waals surface area contributed by atoms with Crippen molar-refractivity contribution in [3.63, 3.8) is 0 Å². The second-order valence-electron chi connectivity index (χ2n) is 2.77. The summed E-state index contributed by atoms with van der Waals surface area (Å²) in [6.45, 7) is 0. The highest BCUT2D eigenvalue weighted by molar-refractivity contribution is 6.32. The zero-order chi connectivity index (χ0) is 10.7. The van der Waals surface area contributed by atoms with Gasteiger partial charge >= 0.3 is 0 Å². The quantitative estimate of drug-likeness (QED) is 0.780. The van der Waals surface area contributed by atoms with Gasteiger partial charge in [-0.25, -0.2) is 9.97 Å². The second kappa shape index (κ2) is 4.23. The minimum absolute atomic E-state index is 0.453. The predicted molar refractivity (Wildman–Crippen MR) is 56.8 cm³/mol. The van der Waals surface area contributed by atoms with Crippen molar-refractivity contribution in [3.8, 4) is 17.1 Å². The number of methoxy groups -OCH3 is 1. The van der Waals surface area contributed by atoms with Gasteiger partial charge in [-0.05, 0) is 12.1 Å². The molecule has 5 heteroatoms. The maximum Gasteiger partial charge on any atom is 0.146 e. The van der Waals surface area contributed by atoms with Crippen LogP contribution in [0, 0.1) is 0 Å². The molecular formula is C10H8ClN3O. The normalized spacial score (nSPS) is 10.0. The molecule has 0 radical (unpaired) electrons. The standard InChI is InChI=1S/C10H8ClN3O/c1-15-8-3-2-4-13-10(8)9-7(11)5-12-6-14-9/h2-6H,1H3. The number of halogens is 1. The summed E-state index contributed by atoms with van der Waals surface area (Å²) in [6.07, 6.45) is 4.61. The molecule has 0 atom stereocenters. The average Bonchev–Trinajstić information content (AvgIpc) is 2.30. The fourth-order valence-electron chi connectivity index (χ4n) is 1.22. The predicted octanol–water partition coefficient (Wildman–Crippen LogP) is 2.20. The molecule has 4 nitrogen and oxygen atoms in total. The summed E-state index contributed by atoms with van der Waals surface area (Å²) < 4.78 is 5.17. The molecule has 0 unspecified atom stereocenters. The fourth-order valence-corrected chi connectivity index (χ4v) is 1.41. The van der Waals surface area contributed by atoms with E-state index in [9.17, 15) is 0 Å². The van der Waals surface area contributed by atoms with Gasteiger partial charge in [-0.3, -0.25) is 4.98 Å². The number of hydrogen-bond donors (Lipinski definition) is 0. The van der Waals surface area contributed by atoms with Crippen molar-refractivity contribution < 1.29 is 4.74 Å². The van der Waals surface area contributed by atoms with Crippen LogP contribution >= 0.6 is 11.6 Å². The average molecular weight is 222 g/mol. The highest BCUT2D eigenvalue weighted by Gasteiger charge is 2.11. The van der Waals surface area contributed by atoms with Gasteiger partial charge in [0.1, 0.15) is 23.5 Å². The molecule has 0 fully saturated rings. The van der Waals surface area contributed by atoms with E-state index in [0.29, 0.717) is 22.2 Å². The highest BCUT2D eigenvalue weighted by Crippen LogP contribution is 2.29. The van der Waals surface area contributed by atoms with Crippen LogP contribution in [0.2, 0.25) is 5.02 Å². The number of pyridine rings is 1. The smallest absolute Gasteiger partial charge is 0.146 e. The zero-order valence-corrected chi connectivity index (χ0v) is 8.77. The number of rotatable bonds is 2. The Hall–Kier alpha value is -1.68. The van der Waals surface area contributed by atoms with E-state index in [-0.39, 0.29) is 0 Å². The van der Waals surface area contributed by atoms with E-state index in [4.69, 9.17) is 16.3 Å². The molecule has 0 spiro atoms. The lowest BCUT2D eigenvalue weighted by atomic mass is 10.2. The monoisotopic (exact) mass is 221 g/mol. The van der Waals surface area contributed by atoms with Crippen LogP contribution in [0.4, 0.5) is 0 Å². The molecule has 2 heterocycles. The van der Waals surface area contributed by atoms with Crippen LogP contribution in [-0.4, -0.2) is 22.1 Å². The maximum atomic E-state index is 5.97. The third-order valence-corrected chi connectivity index (χ3v) is 2.16. The summed E-state index contributed by atoms with van der Waals surface area (Å²) in [5.41, 5.74) is 1.19. The molecular weight excluding hydrogens is 214 g/mol. The minimum atomic E-state index is 0.453. The van der Waals surface area contributed by atoms with E-state index < -0.39 is 0 Å². The Bertz CT molecular complexity index is 476. The third-order valence-electron chi connectivity index (χ3n) is 1.88. The third kappa shape index (κ3) is 1.89. The van der Waals surface area contributed by atoms with Crippen molar-refractivity contribution in [2.45, 2.75) is 0 Å². The van der Waals surface area contributed by atoms with Gasteiger partial charge in [0.15, 0.2) is 0 Å². The van der Waals surface area contributed by atoms with Crippen LogP contribution in [0.15, 0.2) is 30.9 Å². The number of aromatic nitrogens is 3. The van der Waals surface area contributed by atoms with E-state index >= 15 is 0 Å². The first-order valence-electron chi connectivity index (χ1n) is 4.28. The fraction of sp³-hybridized carbons (Fsp3) is 0.100. The molecule has 2 aromatic rings. The molecule has 0 aliphatic rings. The van der Waals surface area contributed by atoms with Gasteiger partial charge < -0.3 is 4.74 Å². The number of hydrogen-bond acceptors (Lipinski definition) is 4. The van der Waals surface area contributed by atoms with Crippen LogP contribution in [0.5, 0.6) is 5.75 Å². The highest BCUT2D eigenvalue weighted by atomic mass is 35.5. The lowest BCUT2D eigenvalue weighted by Crippen LogP contribution is -1.93. The topological polar surface area (TPSA) is 47.9 Å². The van der Waals surface area contributed by atoms with E-state index in [1.807, 2.05) is 0 Å². The van der Waals surface area contributed by atoms with Gasteiger partial charge in [0.05, 0.1) is 12.1 Å². The summed E-state index contributed by atoms with van der Waals surface area (Å²) in [6, 6.07) is 3.60. The largest absolute Gasteiger partial charge is 0.494 e. The lowest BCUT2D eigenvalue weighted by molar-refractivity contribution is 0.414. The van der Waals surface area contributed by atoms with Crippen molar-refractivity contribution in [3.05, 3.63) is 35.9 Å². The SMILES string of the molecule is COc1cccnc1-c1ncncc1Cl. The van der Waals surface area contributed by atoms with E-state index in [2.05, 4.69) is 15.0 Å². The van der Waals surface area contributed by atoms with Gasteiger partial charge in [0.25, 0.3) is 0 Å². The molecule has 0 aliphatic carbocycles. The summed E-state index contributed by atoms with van der Waals surface area (Å²) in [5.74, 6) is 0.637. The summed E-state index contributed by atoms with van der Waals surface area (Å²) in [5, 5.41) is 0.453. The number of nitrogens with zero attached hydrogens (tertiary/aromatic N) is 3. The van der Waals surface area contributed by atoms with Gasteiger partial charge in [-0.15, -0.1) is 0 Å². The summed E-state index contributed by atoms with van der Waals surface area (Å²) >= 11 is 5.97. The van der Waals surface area contributed by atoms with Gasteiger partial charge in [0, 0.05) is 12.4 Å². The van der Waals surface area contributed by atoms with Crippen molar-refractivity contribution >= 4 is 11.6 Å².